The lowest BCUT2D eigenvalue weighted by Crippen LogP contribution is -2.48. The lowest BCUT2D eigenvalue weighted by atomic mass is 10.1. The van der Waals surface area contributed by atoms with Crippen molar-refractivity contribution in [3.8, 4) is 0 Å². The molecule has 0 aromatic heterocycles. The van der Waals surface area contributed by atoms with Crippen LogP contribution in [0.1, 0.15) is 40.0 Å². The van der Waals surface area contributed by atoms with Crippen LogP contribution in [0.2, 0.25) is 0 Å². The number of carbonyl (C=O) groups excluding carboxylic acids is 2. The Bertz CT molecular complexity index is 466. The predicted octanol–water partition coefficient (Wildman–Crippen LogP) is 1.61. The van der Waals surface area contributed by atoms with Crippen molar-refractivity contribution in [3.63, 3.8) is 0 Å². The highest BCUT2D eigenvalue weighted by molar-refractivity contribution is 5.87. The number of aliphatic carboxylic acids is 1. The summed E-state index contributed by atoms with van der Waals surface area (Å²) in [4.78, 5) is 36.0. The van der Waals surface area contributed by atoms with E-state index in [9.17, 15) is 23.2 Å². The van der Waals surface area contributed by atoms with Gasteiger partial charge in [-0.25, -0.2) is 18.4 Å². The van der Waals surface area contributed by atoms with E-state index in [1.807, 2.05) is 0 Å². The van der Waals surface area contributed by atoms with Crippen LogP contribution >= 0.6 is 0 Å². The number of alkyl carbamates (subject to hydrolysis) is 1. The maximum absolute atomic E-state index is 13.1. The smallest absolute Gasteiger partial charge is 0.408 e. The number of carbonyl (C=O) groups is 3. The van der Waals surface area contributed by atoms with E-state index in [2.05, 4.69) is 5.32 Å². The van der Waals surface area contributed by atoms with Crippen molar-refractivity contribution in [1.29, 1.82) is 0 Å². The molecule has 0 aromatic carbocycles. The number of rotatable bonds is 4. The molecule has 2 N–H and O–H groups in total. The van der Waals surface area contributed by atoms with Crippen LogP contribution in [0, 0.1) is 0 Å². The van der Waals surface area contributed by atoms with Gasteiger partial charge in [0.25, 0.3) is 5.92 Å². The lowest BCUT2D eigenvalue weighted by Gasteiger charge is -2.32. The van der Waals surface area contributed by atoms with Crippen LogP contribution in [-0.4, -0.2) is 58.6 Å². The molecule has 0 unspecified atom stereocenters. The van der Waals surface area contributed by atoms with E-state index in [0.717, 1.165) is 0 Å². The van der Waals surface area contributed by atoms with Gasteiger partial charge in [0.1, 0.15) is 11.6 Å². The Labute approximate surface area is 133 Å². The molecule has 2 amide bonds. The Morgan fingerprint density at radius 3 is 2.22 bits per heavy atom. The van der Waals surface area contributed by atoms with Crippen molar-refractivity contribution in [2.45, 2.75) is 57.6 Å². The standard InChI is InChI=1S/C14H22F2N2O5/c1-13(2,3)23-12(22)17-9(11(20)21)8-10(19)18-6-4-14(15,16)5-7-18/h9H,4-8H2,1-3H3,(H,17,22)(H,20,21)/t9-/m0/s1. The van der Waals surface area contributed by atoms with Gasteiger partial charge in [-0.05, 0) is 20.8 Å². The summed E-state index contributed by atoms with van der Waals surface area (Å²) < 4.78 is 31.0. The quantitative estimate of drug-likeness (QED) is 0.813. The van der Waals surface area contributed by atoms with Crippen molar-refractivity contribution < 1.29 is 33.0 Å². The maximum Gasteiger partial charge on any atom is 0.408 e. The molecule has 0 saturated carbocycles. The number of nitrogens with zero attached hydrogens (tertiary/aromatic N) is 1. The highest BCUT2D eigenvalue weighted by Crippen LogP contribution is 2.27. The molecule has 132 valence electrons. The summed E-state index contributed by atoms with van der Waals surface area (Å²) >= 11 is 0. The fraction of sp³-hybridized carbons (Fsp3) is 0.786. The number of hydrogen-bond acceptors (Lipinski definition) is 4. The number of nitrogens with one attached hydrogen (secondary N) is 1. The molecule has 1 heterocycles. The summed E-state index contributed by atoms with van der Waals surface area (Å²) in [5, 5.41) is 11.2. The summed E-state index contributed by atoms with van der Waals surface area (Å²) in [6.07, 6.45) is -2.37. The second-order valence-electron chi connectivity index (χ2n) is 6.48. The number of carboxylic acid groups (broad SMARTS) is 1. The molecule has 1 fully saturated rings. The van der Waals surface area contributed by atoms with Crippen LogP contribution in [0.4, 0.5) is 13.6 Å². The molecule has 9 heteroatoms. The van der Waals surface area contributed by atoms with Crippen molar-refractivity contribution in [1.82, 2.24) is 10.2 Å². The SMILES string of the molecule is CC(C)(C)OC(=O)N[C@@H](CC(=O)N1CCC(F)(F)CC1)C(=O)O. The lowest BCUT2D eigenvalue weighted by molar-refractivity contribution is -0.145. The van der Waals surface area contributed by atoms with E-state index in [-0.39, 0.29) is 13.1 Å². The van der Waals surface area contributed by atoms with Crippen LogP contribution in [0.5, 0.6) is 0 Å². The maximum atomic E-state index is 13.1. The summed E-state index contributed by atoms with van der Waals surface area (Å²) in [5.74, 6) is -4.78. The molecule has 1 atom stereocenters. The molecule has 0 aliphatic carbocycles. The van der Waals surface area contributed by atoms with Crippen molar-refractivity contribution in [2.24, 2.45) is 0 Å². The van der Waals surface area contributed by atoms with Gasteiger partial charge in [-0.3, -0.25) is 4.79 Å². The summed E-state index contributed by atoms with van der Waals surface area (Å²) in [6, 6.07) is -1.47. The zero-order chi connectivity index (χ0) is 17.8. The van der Waals surface area contributed by atoms with Gasteiger partial charge < -0.3 is 20.1 Å². The van der Waals surface area contributed by atoms with E-state index < -0.39 is 54.8 Å². The third-order valence-electron chi connectivity index (χ3n) is 3.22. The second-order valence-corrected chi connectivity index (χ2v) is 6.48. The molecular weight excluding hydrogens is 314 g/mol. The Hall–Kier alpha value is -1.93. The van der Waals surface area contributed by atoms with E-state index in [4.69, 9.17) is 9.84 Å². The molecule has 1 aliphatic heterocycles. The van der Waals surface area contributed by atoms with E-state index in [1.54, 1.807) is 20.8 Å². The number of likely N-dealkylation sites (tertiary alicyclic amines) is 1. The average molecular weight is 336 g/mol. The molecule has 1 saturated heterocycles. The number of amides is 2. The molecule has 0 spiro atoms. The molecule has 1 aliphatic rings. The van der Waals surface area contributed by atoms with Gasteiger partial charge in [0, 0.05) is 25.9 Å². The fourth-order valence-corrected chi connectivity index (χ4v) is 2.04. The largest absolute Gasteiger partial charge is 0.480 e. The number of hydrogen-bond donors (Lipinski definition) is 2. The highest BCUT2D eigenvalue weighted by Gasteiger charge is 2.36. The second kappa shape index (κ2) is 7.10. The first-order valence-corrected chi connectivity index (χ1v) is 7.27. The normalized spacial score (nSPS) is 18.9. The molecule has 0 radical (unpaired) electrons. The third kappa shape index (κ3) is 6.79. The van der Waals surface area contributed by atoms with Crippen LogP contribution in [0.3, 0.4) is 0 Å². The minimum absolute atomic E-state index is 0.134. The van der Waals surface area contributed by atoms with Crippen molar-refractivity contribution in [2.75, 3.05) is 13.1 Å². The Morgan fingerprint density at radius 1 is 1.26 bits per heavy atom. The van der Waals surface area contributed by atoms with Gasteiger partial charge in [-0.1, -0.05) is 0 Å². The number of halogens is 2. The van der Waals surface area contributed by atoms with E-state index in [1.165, 1.54) is 4.90 Å². The third-order valence-corrected chi connectivity index (χ3v) is 3.22. The number of piperidine rings is 1. The van der Waals surface area contributed by atoms with Crippen LogP contribution < -0.4 is 5.32 Å². The first-order chi connectivity index (χ1) is 10.4. The summed E-state index contributed by atoms with van der Waals surface area (Å²) in [5.41, 5.74) is -0.810. The zero-order valence-corrected chi connectivity index (χ0v) is 13.4. The highest BCUT2D eigenvalue weighted by atomic mass is 19.3. The van der Waals surface area contributed by atoms with Gasteiger partial charge >= 0.3 is 12.1 Å². The molecule has 7 nitrogen and oxygen atoms in total. The van der Waals surface area contributed by atoms with Gasteiger partial charge in [0.15, 0.2) is 0 Å². The van der Waals surface area contributed by atoms with Crippen LogP contribution in [0.15, 0.2) is 0 Å². The summed E-state index contributed by atoms with van der Waals surface area (Å²) in [6.45, 7) is 4.57. The van der Waals surface area contributed by atoms with Crippen LogP contribution in [-0.2, 0) is 14.3 Å². The molecule has 0 bridgehead atoms. The number of alkyl halides is 2. The molecule has 23 heavy (non-hydrogen) atoms. The topological polar surface area (TPSA) is 95.9 Å². The monoisotopic (exact) mass is 336 g/mol. The summed E-state index contributed by atoms with van der Waals surface area (Å²) in [7, 11) is 0. The minimum Gasteiger partial charge on any atom is -0.480 e. The van der Waals surface area contributed by atoms with E-state index >= 15 is 0 Å². The first kappa shape index (κ1) is 19.1. The first-order valence-electron chi connectivity index (χ1n) is 7.27. The number of carboxylic acids is 1. The minimum atomic E-state index is -2.79. The number of ether oxygens (including phenoxy) is 1. The van der Waals surface area contributed by atoms with Gasteiger partial charge in [0.2, 0.25) is 5.91 Å². The van der Waals surface area contributed by atoms with Gasteiger partial charge in [-0.15, -0.1) is 0 Å². The zero-order valence-electron chi connectivity index (χ0n) is 13.4. The Morgan fingerprint density at radius 2 is 1.78 bits per heavy atom. The van der Waals surface area contributed by atoms with Gasteiger partial charge in [0.05, 0.1) is 6.42 Å². The Balaban J connectivity index is 2.57. The van der Waals surface area contributed by atoms with Gasteiger partial charge in [-0.2, -0.15) is 0 Å². The predicted molar refractivity (Wildman–Crippen MR) is 76.2 cm³/mol. The van der Waals surface area contributed by atoms with E-state index in [0.29, 0.717) is 0 Å². The van der Waals surface area contributed by atoms with Crippen LogP contribution in [0.25, 0.3) is 0 Å². The average Bonchev–Trinajstić information content (AvgIpc) is 2.35. The molecule has 0 aromatic rings. The van der Waals surface area contributed by atoms with Crippen molar-refractivity contribution >= 4 is 18.0 Å². The van der Waals surface area contributed by atoms with Crippen molar-refractivity contribution in [3.05, 3.63) is 0 Å². The molecule has 1 rings (SSSR count). The fourth-order valence-electron chi connectivity index (χ4n) is 2.04. The Kier molecular flexibility index (Phi) is 5.90. The molecular formula is C14H22F2N2O5.